The van der Waals surface area contributed by atoms with E-state index < -0.39 is 0 Å². The Morgan fingerprint density at radius 3 is 2.46 bits per heavy atom. The minimum atomic E-state index is 0.721. The Bertz CT molecular complexity index is 903. The fourth-order valence-electron chi connectivity index (χ4n) is 3.64. The molecule has 0 saturated carbocycles. The fourth-order valence-corrected chi connectivity index (χ4v) is 3.64. The molecule has 0 unspecified atom stereocenters. The molecule has 4 heteroatoms. The van der Waals surface area contributed by atoms with Gasteiger partial charge in [0.2, 0.25) is 0 Å². The molecule has 28 heavy (non-hydrogen) atoms. The molecule has 0 aliphatic carbocycles. The number of nitrogens with zero attached hydrogens (tertiary/aromatic N) is 2. The highest BCUT2D eigenvalue weighted by Gasteiger charge is 2.13. The van der Waals surface area contributed by atoms with E-state index in [2.05, 4.69) is 76.8 Å². The van der Waals surface area contributed by atoms with Gasteiger partial charge in [-0.05, 0) is 41.6 Å². The average molecular weight is 376 g/mol. The van der Waals surface area contributed by atoms with Crippen molar-refractivity contribution in [3.8, 4) is 5.75 Å². The van der Waals surface area contributed by atoms with Crippen molar-refractivity contribution in [1.82, 2.24) is 9.80 Å². The van der Waals surface area contributed by atoms with E-state index in [-0.39, 0.29) is 0 Å². The van der Waals surface area contributed by atoms with Crippen molar-refractivity contribution in [1.29, 1.82) is 0 Å². The number of likely N-dealkylation sites (N-methyl/N-ethyl adjacent to an activating group) is 1. The molecule has 3 aromatic carbocycles. The summed E-state index contributed by atoms with van der Waals surface area (Å²) >= 11 is 0. The molecule has 1 aliphatic rings. The van der Waals surface area contributed by atoms with Crippen LogP contribution in [0, 0.1) is 0 Å². The second-order valence-electron chi connectivity index (χ2n) is 7.52. The van der Waals surface area contributed by atoms with Gasteiger partial charge in [-0.1, -0.05) is 48.5 Å². The van der Waals surface area contributed by atoms with Crippen LogP contribution in [0.2, 0.25) is 0 Å². The van der Waals surface area contributed by atoms with E-state index in [0.29, 0.717) is 0 Å². The molecular weight excluding hydrogens is 346 g/mol. The Hall–Kier alpha value is -2.56. The first kappa shape index (κ1) is 18.8. The molecule has 1 fully saturated rings. The third-order valence-electron chi connectivity index (χ3n) is 5.44. The van der Waals surface area contributed by atoms with E-state index in [1.165, 1.54) is 16.3 Å². The highest BCUT2D eigenvalue weighted by Crippen LogP contribution is 2.25. The molecule has 1 N–H and O–H groups in total. The maximum absolute atomic E-state index is 6.11. The summed E-state index contributed by atoms with van der Waals surface area (Å²) in [6, 6.07) is 23.3. The van der Waals surface area contributed by atoms with Gasteiger partial charge in [-0.2, -0.15) is 0 Å². The van der Waals surface area contributed by atoms with Crippen LogP contribution in [0.3, 0.4) is 0 Å². The molecule has 0 atom stereocenters. The molecule has 1 aliphatic heterocycles. The number of nitrogens with one attached hydrogen (secondary N) is 1. The van der Waals surface area contributed by atoms with Gasteiger partial charge in [-0.15, -0.1) is 0 Å². The van der Waals surface area contributed by atoms with Crippen LogP contribution in [0.15, 0.2) is 66.7 Å². The second kappa shape index (κ2) is 9.09. The first-order valence-electron chi connectivity index (χ1n) is 10.1. The molecular formula is C24H29N3O. The number of rotatable bonds is 7. The maximum atomic E-state index is 6.11. The number of hydrogen-bond donors (Lipinski definition) is 1. The quantitative estimate of drug-likeness (QED) is 0.673. The zero-order chi connectivity index (χ0) is 19.2. The van der Waals surface area contributed by atoms with Gasteiger partial charge in [0.15, 0.2) is 0 Å². The van der Waals surface area contributed by atoms with Gasteiger partial charge in [-0.3, -0.25) is 4.90 Å². The molecule has 146 valence electrons. The van der Waals surface area contributed by atoms with Crippen LogP contribution < -0.4 is 10.1 Å². The first-order chi connectivity index (χ1) is 13.8. The van der Waals surface area contributed by atoms with E-state index in [1.54, 1.807) is 0 Å². The van der Waals surface area contributed by atoms with Crippen molar-refractivity contribution in [3.05, 3.63) is 72.3 Å². The number of para-hydroxylation sites is 2. The van der Waals surface area contributed by atoms with Gasteiger partial charge in [0.1, 0.15) is 12.4 Å². The summed E-state index contributed by atoms with van der Waals surface area (Å²) in [4.78, 5) is 4.86. The Morgan fingerprint density at radius 2 is 1.61 bits per heavy atom. The smallest absolute Gasteiger partial charge is 0.142 e. The molecule has 0 spiro atoms. The van der Waals surface area contributed by atoms with Crippen LogP contribution in [0.4, 0.5) is 5.69 Å². The van der Waals surface area contributed by atoms with Crippen LogP contribution in [-0.4, -0.2) is 56.2 Å². The molecule has 4 nitrogen and oxygen atoms in total. The van der Waals surface area contributed by atoms with Crippen molar-refractivity contribution >= 4 is 16.5 Å². The Labute approximate surface area is 167 Å². The molecule has 3 aromatic rings. The lowest BCUT2D eigenvalue weighted by molar-refractivity contribution is 0.134. The average Bonchev–Trinajstić information content (AvgIpc) is 2.74. The zero-order valence-corrected chi connectivity index (χ0v) is 16.6. The van der Waals surface area contributed by atoms with Crippen molar-refractivity contribution in [2.24, 2.45) is 0 Å². The highest BCUT2D eigenvalue weighted by atomic mass is 16.5. The minimum absolute atomic E-state index is 0.721. The molecule has 0 bridgehead atoms. The lowest BCUT2D eigenvalue weighted by atomic mass is 10.1. The Balaban J connectivity index is 1.33. The lowest BCUT2D eigenvalue weighted by Crippen LogP contribution is -2.45. The molecule has 4 rings (SSSR count). The van der Waals surface area contributed by atoms with Gasteiger partial charge in [0.25, 0.3) is 0 Å². The molecule has 1 heterocycles. The number of anilines is 1. The molecule has 0 radical (unpaired) electrons. The monoisotopic (exact) mass is 375 g/mol. The molecule has 0 amide bonds. The fraction of sp³-hybridized carbons (Fsp3) is 0.333. The van der Waals surface area contributed by atoms with Crippen molar-refractivity contribution in [2.45, 2.75) is 6.54 Å². The first-order valence-corrected chi connectivity index (χ1v) is 10.1. The van der Waals surface area contributed by atoms with Crippen LogP contribution in [0.25, 0.3) is 10.8 Å². The number of hydrogen-bond acceptors (Lipinski definition) is 4. The van der Waals surface area contributed by atoms with E-state index in [4.69, 9.17) is 4.74 Å². The van der Waals surface area contributed by atoms with Crippen LogP contribution in [0.5, 0.6) is 5.75 Å². The predicted molar refractivity (Wildman–Crippen MR) is 117 cm³/mol. The summed E-state index contributed by atoms with van der Waals surface area (Å²) < 4.78 is 6.11. The van der Waals surface area contributed by atoms with E-state index in [0.717, 1.165) is 57.3 Å². The van der Waals surface area contributed by atoms with Gasteiger partial charge >= 0.3 is 0 Å². The normalized spacial score (nSPS) is 15.6. The number of piperazine rings is 1. The SMILES string of the molecule is CN1CCN(CCOc2ccccc2NCc2ccc3ccccc3c2)CC1. The molecule has 0 aromatic heterocycles. The predicted octanol–water partition coefficient (Wildman–Crippen LogP) is 4.08. The summed E-state index contributed by atoms with van der Waals surface area (Å²) in [6.07, 6.45) is 0. The Morgan fingerprint density at radius 1 is 0.857 bits per heavy atom. The third kappa shape index (κ3) is 4.83. The summed E-state index contributed by atoms with van der Waals surface area (Å²) in [5.41, 5.74) is 2.32. The Kier molecular flexibility index (Phi) is 6.10. The van der Waals surface area contributed by atoms with Crippen LogP contribution in [0.1, 0.15) is 5.56 Å². The van der Waals surface area contributed by atoms with E-state index in [1.807, 2.05) is 12.1 Å². The standard InChI is InChI=1S/C24H29N3O/c1-26-12-14-27(15-13-26)16-17-28-24-9-5-4-8-23(24)25-19-20-10-11-21-6-2-3-7-22(21)18-20/h2-11,18,25H,12-17,19H2,1H3. The van der Waals surface area contributed by atoms with Crippen molar-refractivity contribution < 1.29 is 4.74 Å². The largest absolute Gasteiger partial charge is 0.490 e. The van der Waals surface area contributed by atoms with E-state index >= 15 is 0 Å². The summed E-state index contributed by atoms with van der Waals surface area (Å²) in [5, 5.41) is 6.10. The van der Waals surface area contributed by atoms with Crippen LogP contribution >= 0.6 is 0 Å². The lowest BCUT2D eigenvalue weighted by Gasteiger charge is -2.32. The van der Waals surface area contributed by atoms with Gasteiger partial charge in [0, 0.05) is 39.3 Å². The zero-order valence-electron chi connectivity index (χ0n) is 16.6. The van der Waals surface area contributed by atoms with E-state index in [9.17, 15) is 0 Å². The van der Waals surface area contributed by atoms with Gasteiger partial charge in [-0.25, -0.2) is 0 Å². The highest BCUT2D eigenvalue weighted by molar-refractivity contribution is 5.83. The summed E-state index contributed by atoms with van der Waals surface area (Å²) in [7, 11) is 2.19. The van der Waals surface area contributed by atoms with Crippen molar-refractivity contribution in [3.63, 3.8) is 0 Å². The second-order valence-corrected chi connectivity index (χ2v) is 7.52. The number of ether oxygens (including phenoxy) is 1. The minimum Gasteiger partial charge on any atom is -0.490 e. The summed E-state index contributed by atoms with van der Waals surface area (Å²) in [6.45, 7) is 7.02. The molecule has 1 saturated heterocycles. The van der Waals surface area contributed by atoms with Crippen molar-refractivity contribution in [2.75, 3.05) is 51.7 Å². The summed E-state index contributed by atoms with van der Waals surface area (Å²) in [5.74, 6) is 0.928. The number of fused-ring (bicyclic) bond motifs is 1. The van der Waals surface area contributed by atoms with Crippen LogP contribution in [-0.2, 0) is 6.54 Å². The third-order valence-corrected chi connectivity index (χ3v) is 5.44. The topological polar surface area (TPSA) is 27.7 Å². The number of benzene rings is 3. The van der Waals surface area contributed by atoms with Gasteiger partial charge in [0.05, 0.1) is 5.69 Å². The maximum Gasteiger partial charge on any atom is 0.142 e. The van der Waals surface area contributed by atoms with Gasteiger partial charge < -0.3 is 15.0 Å².